The van der Waals surface area contributed by atoms with E-state index >= 15 is 0 Å². The fourth-order valence-electron chi connectivity index (χ4n) is 2.67. The minimum absolute atomic E-state index is 0.0493. The maximum atomic E-state index is 12.6. The lowest BCUT2D eigenvalue weighted by Gasteiger charge is -2.20. The Labute approximate surface area is 125 Å². The summed E-state index contributed by atoms with van der Waals surface area (Å²) in [6.45, 7) is 3.76. The molecule has 1 aromatic carbocycles. The molecule has 0 bridgehead atoms. The molecule has 1 saturated carbocycles. The van der Waals surface area contributed by atoms with Gasteiger partial charge in [-0.15, -0.1) is 0 Å². The third kappa shape index (κ3) is 3.32. The van der Waals surface area contributed by atoms with Gasteiger partial charge in [0, 0.05) is 12.1 Å². The summed E-state index contributed by atoms with van der Waals surface area (Å²) in [7, 11) is -3.32. The van der Waals surface area contributed by atoms with Crippen LogP contribution < -0.4 is 14.8 Å². The van der Waals surface area contributed by atoms with Crippen molar-refractivity contribution in [1.82, 2.24) is 5.32 Å². The van der Waals surface area contributed by atoms with Crippen molar-refractivity contribution in [3.8, 4) is 11.5 Å². The van der Waals surface area contributed by atoms with E-state index in [2.05, 4.69) is 5.32 Å². The summed E-state index contributed by atoms with van der Waals surface area (Å²) in [4.78, 5) is 0.315. The molecule has 2 aliphatic rings. The van der Waals surface area contributed by atoms with Crippen molar-refractivity contribution in [3.63, 3.8) is 0 Å². The van der Waals surface area contributed by atoms with E-state index in [1.165, 1.54) is 0 Å². The molecule has 1 atom stereocenters. The van der Waals surface area contributed by atoms with E-state index in [4.69, 9.17) is 9.47 Å². The Kier molecular flexibility index (Phi) is 4.08. The van der Waals surface area contributed by atoms with Gasteiger partial charge in [0.05, 0.1) is 10.6 Å². The Balaban J connectivity index is 1.80. The van der Waals surface area contributed by atoms with E-state index in [0.717, 1.165) is 19.4 Å². The number of sulfone groups is 1. The molecule has 0 radical (unpaired) electrons. The van der Waals surface area contributed by atoms with Gasteiger partial charge in [0.25, 0.3) is 0 Å². The molecule has 0 spiro atoms. The van der Waals surface area contributed by atoms with Crippen LogP contribution in [0.25, 0.3) is 0 Å². The van der Waals surface area contributed by atoms with Crippen molar-refractivity contribution in [1.29, 1.82) is 0 Å². The maximum Gasteiger partial charge on any atom is 0.180 e. The van der Waals surface area contributed by atoms with Crippen molar-refractivity contribution in [3.05, 3.63) is 18.2 Å². The molecule has 6 heteroatoms. The fraction of sp³-hybridized carbons (Fsp3) is 0.600. The van der Waals surface area contributed by atoms with E-state index in [-0.39, 0.29) is 11.8 Å². The zero-order valence-corrected chi connectivity index (χ0v) is 13.0. The van der Waals surface area contributed by atoms with Crippen LogP contribution in [-0.4, -0.2) is 40.0 Å². The van der Waals surface area contributed by atoms with Gasteiger partial charge in [-0.3, -0.25) is 0 Å². The molecule has 1 aromatic rings. The summed E-state index contributed by atoms with van der Waals surface area (Å²) in [5, 5.41) is 3.30. The van der Waals surface area contributed by atoms with E-state index in [9.17, 15) is 8.42 Å². The van der Waals surface area contributed by atoms with Crippen LogP contribution in [0.1, 0.15) is 19.8 Å². The lowest BCUT2D eigenvalue weighted by molar-refractivity contribution is 0.171. The average Bonchev–Trinajstić information content (AvgIpc) is 3.31. The van der Waals surface area contributed by atoms with Crippen LogP contribution in [0.4, 0.5) is 0 Å². The summed E-state index contributed by atoms with van der Waals surface area (Å²) in [5.74, 6) is 1.78. The molecule has 116 valence electrons. The number of benzene rings is 1. The van der Waals surface area contributed by atoms with Gasteiger partial charge in [0.2, 0.25) is 0 Å². The molecule has 0 amide bonds. The predicted octanol–water partition coefficient (Wildman–Crippen LogP) is 1.62. The number of nitrogens with one attached hydrogen (secondary N) is 1. The molecule has 1 fully saturated rings. The summed E-state index contributed by atoms with van der Waals surface area (Å²) in [6.07, 6.45) is 2.24. The Hall–Kier alpha value is -1.27. The van der Waals surface area contributed by atoms with E-state index in [0.29, 0.717) is 35.5 Å². The van der Waals surface area contributed by atoms with E-state index < -0.39 is 9.84 Å². The van der Waals surface area contributed by atoms with Gasteiger partial charge in [-0.1, -0.05) is 6.92 Å². The van der Waals surface area contributed by atoms with E-state index in [1.807, 2.05) is 6.92 Å². The highest BCUT2D eigenvalue weighted by Gasteiger charge is 2.34. The lowest BCUT2D eigenvalue weighted by atomic mass is 10.2. The number of fused-ring (bicyclic) bond motifs is 1. The fourth-order valence-corrected chi connectivity index (χ4v) is 4.29. The number of hydrogen-bond donors (Lipinski definition) is 1. The smallest absolute Gasteiger partial charge is 0.180 e. The van der Waals surface area contributed by atoms with Gasteiger partial charge < -0.3 is 14.8 Å². The van der Waals surface area contributed by atoms with Crippen LogP contribution in [0.3, 0.4) is 0 Å². The van der Waals surface area contributed by atoms with Crippen LogP contribution in [0.2, 0.25) is 0 Å². The highest BCUT2D eigenvalue weighted by molar-refractivity contribution is 7.91. The number of hydrogen-bond acceptors (Lipinski definition) is 5. The Morgan fingerprint density at radius 2 is 1.95 bits per heavy atom. The molecule has 1 heterocycles. The third-order valence-corrected chi connectivity index (χ3v) is 5.70. The molecule has 1 aliphatic carbocycles. The Morgan fingerprint density at radius 3 is 2.62 bits per heavy atom. The van der Waals surface area contributed by atoms with E-state index in [1.54, 1.807) is 18.2 Å². The molecule has 0 saturated heterocycles. The van der Waals surface area contributed by atoms with Crippen LogP contribution in [-0.2, 0) is 9.84 Å². The molecule has 0 aromatic heterocycles. The van der Waals surface area contributed by atoms with Gasteiger partial charge in [-0.05, 0) is 37.4 Å². The number of ether oxygens (including phenoxy) is 2. The molecular formula is C15H21NO4S. The van der Waals surface area contributed by atoms with Crippen molar-refractivity contribution < 1.29 is 17.9 Å². The van der Waals surface area contributed by atoms with Gasteiger partial charge in [-0.25, -0.2) is 8.42 Å². The Morgan fingerprint density at radius 1 is 1.24 bits per heavy atom. The standard InChI is InChI=1S/C15H21NO4S/c1-2-16-13(11-3-4-11)10-21(17,18)12-5-6-14-15(9-12)20-8-7-19-14/h5-6,9,11,13,16H,2-4,7-8,10H2,1H3. The quantitative estimate of drug-likeness (QED) is 0.865. The molecule has 5 nitrogen and oxygen atoms in total. The van der Waals surface area contributed by atoms with Gasteiger partial charge in [0.1, 0.15) is 13.2 Å². The molecular weight excluding hydrogens is 290 g/mol. The molecule has 1 aliphatic heterocycles. The van der Waals surface area contributed by atoms with Crippen LogP contribution in [0.15, 0.2) is 23.1 Å². The number of rotatable bonds is 6. The maximum absolute atomic E-state index is 12.6. The summed E-state index contributed by atoms with van der Waals surface area (Å²) in [6, 6.07) is 4.92. The first-order chi connectivity index (χ1) is 10.1. The van der Waals surface area contributed by atoms with Gasteiger partial charge in [0.15, 0.2) is 21.3 Å². The van der Waals surface area contributed by atoms with Crippen molar-refractivity contribution in [2.45, 2.75) is 30.7 Å². The predicted molar refractivity (Wildman–Crippen MR) is 79.7 cm³/mol. The molecule has 1 unspecified atom stereocenters. The minimum Gasteiger partial charge on any atom is -0.486 e. The zero-order valence-electron chi connectivity index (χ0n) is 12.2. The SMILES string of the molecule is CCNC(CS(=O)(=O)c1ccc2c(c1)OCCO2)C1CC1. The van der Waals surface area contributed by atoms with Crippen LogP contribution >= 0.6 is 0 Å². The minimum atomic E-state index is -3.32. The second-order valence-electron chi connectivity index (χ2n) is 5.59. The molecule has 1 N–H and O–H groups in total. The molecule has 21 heavy (non-hydrogen) atoms. The van der Waals surface area contributed by atoms with Crippen LogP contribution in [0, 0.1) is 5.92 Å². The second-order valence-corrected chi connectivity index (χ2v) is 7.62. The largest absolute Gasteiger partial charge is 0.486 e. The first-order valence-corrected chi connectivity index (χ1v) is 9.11. The lowest BCUT2D eigenvalue weighted by Crippen LogP contribution is -2.37. The highest BCUT2D eigenvalue weighted by Crippen LogP contribution is 2.36. The van der Waals surface area contributed by atoms with Crippen molar-refractivity contribution in [2.24, 2.45) is 5.92 Å². The normalized spacial score (nSPS) is 19.3. The molecule has 3 rings (SSSR count). The third-order valence-electron chi connectivity index (χ3n) is 3.93. The topological polar surface area (TPSA) is 64.6 Å². The highest BCUT2D eigenvalue weighted by atomic mass is 32.2. The Bertz CT molecular complexity index is 610. The van der Waals surface area contributed by atoms with Crippen molar-refractivity contribution >= 4 is 9.84 Å². The van der Waals surface area contributed by atoms with Gasteiger partial charge in [-0.2, -0.15) is 0 Å². The monoisotopic (exact) mass is 311 g/mol. The first-order valence-electron chi connectivity index (χ1n) is 7.46. The summed E-state index contributed by atoms with van der Waals surface area (Å²) in [5.41, 5.74) is 0. The zero-order chi connectivity index (χ0) is 14.9. The first kappa shape index (κ1) is 14.7. The van der Waals surface area contributed by atoms with Gasteiger partial charge >= 0.3 is 0 Å². The summed E-state index contributed by atoms with van der Waals surface area (Å²) >= 11 is 0. The van der Waals surface area contributed by atoms with Crippen molar-refractivity contribution in [2.75, 3.05) is 25.5 Å². The average molecular weight is 311 g/mol. The van der Waals surface area contributed by atoms with Crippen LogP contribution in [0.5, 0.6) is 11.5 Å². The summed E-state index contributed by atoms with van der Waals surface area (Å²) < 4.78 is 36.1. The second kappa shape index (κ2) is 5.85.